The normalized spacial score (nSPS) is 10.1. The van der Waals surface area contributed by atoms with Crippen molar-refractivity contribution in [2.24, 2.45) is 0 Å². The van der Waals surface area contributed by atoms with Gasteiger partial charge in [-0.25, -0.2) is 0 Å². The summed E-state index contributed by atoms with van der Waals surface area (Å²) in [6.45, 7) is 5.50. The Morgan fingerprint density at radius 2 is 1.71 bits per heavy atom. The summed E-state index contributed by atoms with van der Waals surface area (Å²) >= 11 is 0. The van der Waals surface area contributed by atoms with Crippen molar-refractivity contribution in [3.63, 3.8) is 0 Å². The molecule has 0 radical (unpaired) electrons. The van der Waals surface area contributed by atoms with E-state index in [1.807, 2.05) is 44.2 Å². The van der Waals surface area contributed by atoms with Crippen LogP contribution in [0.4, 0.5) is 0 Å². The lowest BCUT2D eigenvalue weighted by Crippen LogP contribution is -2.22. The summed E-state index contributed by atoms with van der Waals surface area (Å²) in [5, 5.41) is 0. The van der Waals surface area contributed by atoms with E-state index in [1.165, 1.54) is 0 Å². The van der Waals surface area contributed by atoms with Crippen molar-refractivity contribution in [3.05, 3.63) is 35.9 Å². The zero-order valence-corrected chi connectivity index (χ0v) is 11.8. The van der Waals surface area contributed by atoms with E-state index < -0.39 is 9.28 Å². The molecule has 2 nitrogen and oxygen atoms in total. The Kier molecular flexibility index (Phi) is 7.40. The molecule has 0 N–H and O–H groups in total. The highest BCUT2D eigenvalue weighted by Crippen LogP contribution is 2.02. The van der Waals surface area contributed by atoms with Crippen LogP contribution >= 0.6 is 0 Å². The first-order valence-electron chi connectivity index (χ1n) is 6.14. The van der Waals surface area contributed by atoms with Gasteiger partial charge in [0.15, 0.2) is 0 Å². The molecule has 0 aromatic heterocycles. The van der Waals surface area contributed by atoms with Crippen LogP contribution in [0.3, 0.4) is 0 Å². The van der Waals surface area contributed by atoms with Crippen molar-refractivity contribution in [2.45, 2.75) is 26.3 Å². The van der Waals surface area contributed by atoms with E-state index in [2.05, 4.69) is 11.8 Å². The third-order valence-corrected chi connectivity index (χ3v) is 4.39. The van der Waals surface area contributed by atoms with Gasteiger partial charge in [0.25, 0.3) is 0 Å². The van der Waals surface area contributed by atoms with Gasteiger partial charge in [0.05, 0.1) is 0 Å². The van der Waals surface area contributed by atoms with Crippen LogP contribution in [-0.4, -0.2) is 22.5 Å². The van der Waals surface area contributed by atoms with Crippen LogP contribution in [0.25, 0.3) is 0 Å². The number of rotatable bonds is 6. The third-order valence-electron chi connectivity index (χ3n) is 2.22. The Bertz CT molecular complexity index is 347. The highest BCUT2D eigenvalue weighted by Gasteiger charge is 2.09. The maximum absolute atomic E-state index is 5.58. The molecular formula is C14H20O2Si. The molecule has 1 rings (SSSR count). The zero-order valence-electron chi connectivity index (χ0n) is 10.6. The van der Waals surface area contributed by atoms with Crippen molar-refractivity contribution in [2.75, 3.05) is 13.2 Å². The van der Waals surface area contributed by atoms with Crippen LogP contribution in [-0.2, 0) is 8.85 Å². The molecule has 17 heavy (non-hydrogen) atoms. The highest BCUT2D eigenvalue weighted by molar-refractivity contribution is 6.44. The second-order valence-electron chi connectivity index (χ2n) is 3.55. The molecule has 0 atom stereocenters. The number of benzene rings is 1. The van der Waals surface area contributed by atoms with Crippen molar-refractivity contribution in [3.8, 4) is 11.8 Å². The van der Waals surface area contributed by atoms with E-state index in [1.54, 1.807) is 0 Å². The van der Waals surface area contributed by atoms with E-state index in [-0.39, 0.29) is 0 Å². The van der Waals surface area contributed by atoms with Gasteiger partial charge < -0.3 is 8.85 Å². The average Bonchev–Trinajstić information content (AvgIpc) is 2.36. The van der Waals surface area contributed by atoms with Gasteiger partial charge in [0.1, 0.15) is 0 Å². The monoisotopic (exact) mass is 248 g/mol. The van der Waals surface area contributed by atoms with Crippen LogP contribution < -0.4 is 0 Å². The van der Waals surface area contributed by atoms with Crippen LogP contribution in [0.1, 0.15) is 25.8 Å². The molecule has 0 aliphatic heterocycles. The lowest BCUT2D eigenvalue weighted by atomic mass is 10.2. The minimum Gasteiger partial charge on any atom is -0.397 e. The first-order chi connectivity index (χ1) is 8.36. The van der Waals surface area contributed by atoms with Gasteiger partial charge in [-0.2, -0.15) is 0 Å². The molecule has 0 unspecified atom stereocenters. The lowest BCUT2D eigenvalue weighted by Gasteiger charge is -2.12. The molecule has 0 aliphatic carbocycles. The van der Waals surface area contributed by atoms with Crippen molar-refractivity contribution < 1.29 is 8.85 Å². The smallest absolute Gasteiger partial charge is 0.322 e. The minimum atomic E-state index is -1.46. The summed E-state index contributed by atoms with van der Waals surface area (Å²) in [4.78, 5) is 0. The zero-order chi connectivity index (χ0) is 12.3. The van der Waals surface area contributed by atoms with Gasteiger partial charge >= 0.3 is 9.28 Å². The standard InChI is InChI=1S/C14H20O2Si/c1-3-15-17(16-4-2)13-9-8-12-14-10-6-5-7-11-14/h5-7,10-11,17H,3-4,9,13H2,1-2H3. The Morgan fingerprint density at radius 1 is 1.06 bits per heavy atom. The van der Waals surface area contributed by atoms with Gasteiger partial charge in [-0.3, -0.25) is 0 Å². The van der Waals surface area contributed by atoms with Crippen LogP contribution in [0.2, 0.25) is 6.04 Å². The van der Waals surface area contributed by atoms with E-state index in [0.29, 0.717) is 0 Å². The topological polar surface area (TPSA) is 18.5 Å². The predicted molar refractivity (Wildman–Crippen MR) is 73.1 cm³/mol. The molecule has 1 aromatic carbocycles. The molecule has 92 valence electrons. The Morgan fingerprint density at radius 3 is 2.29 bits per heavy atom. The van der Waals surface area contributed by atoms with E-state index >= 15 is 0 Å². The molecule has 0 saturated carbocycles. The van der Waals surface area contributed by atoms with Crippen LogP contribution in [0.5, 0.6) is 0 Å². The third kappa shape index (κ3) is 6.27. The molecule has 0 saturated heterocycles. The summed E-state index contributed by atoms with van der Waals surface area (Å²) in [6, 6.07) is 11.0. The minimum absolute atomic E-state index is 0.739. The Labute approximate surface area is 106 Å². The maximum atomic E-state index is 5.58. The molecule has 0 aliphatic rings. The molecule has 0 fully saturated rings. The van der Waals surface area contributed by atoms with Gasteiger partial charge in [-0.15, -0.1) is 0 Å². The van der Waals surface area contributed by atoms with Crippen molar-refractivity contribution in [1.29, 1.82) is 0 Å². The molecule has 3 heteroatoms. The predicted octanol–water partition coefficient (Wildman–Crippen LogP) is 2.72. The van der Waals surface area contributed by atoms with Crippen molar-refractivity contribution >= 4 is 9.28 Å². The summed E-state index contributed by atoms with van der Waals surface area (Å²) in [5.74, 6) is 6.32. The summed E-state index contributed by atoms with van der Waals surface area (Å²) in [6.07, 6.45) is 0.853. The highest BCUT2D eigenvalue weighted by atomic mass is 28.3. The molecule has 0 spiro atoms. The van der Waals surface area contributed by atoms with Crippen molar-refractivity contribution in [1.82, 2.24) is 0 Å². The van der Waals surface area contributed by atoms with Gasteiger partial charge in [-0.1, -0.05) is 30.0 Å². The van der Waals surface area contributed by atoms with E-state index in [9.17, 15) is 0 Å². The van der Waals surface area contributed by atoms with Gasteiger partial charge in [0.2, 0.25) is 0 Å². The SMILES string of the molecule is CCO[SiH](CCC#Cc1ccccc1)OCC. The number of hydrogen-bond donors (Lipinski definition) is 0. The summed E-state index contributed by atoms with van der Waals surface area (Å²) < 4.78 is 11.2. The molecule has 0 amide bonds. The Hall–Kier alpha value is -1.08. The fourth-order valence-corrected chi connectivity index (χ4v) is 3.02. The fourth-order valence-electron chi connectivity index (χ4n) is 1.46. The molecular weight excluding hydrogens is 228 g/mol. The molecule has 1 aromatic rings. The second kappa shape index (κ2) is 9.00. The maximum Gasteiger partial charge on any atom is 0.322 e. The molecule has 0 heterocycles. The van der Waals surface area contributed by atoms with Gasteiger partial charge in [0, 0.05) is 25.2 Å². The Balaban J connectivity index is 2.33. The van der Waals surface area contributed by atoms with Crippen LogP contribution in [0.15, 0.2) is 30.3 Å². The quantitative estimate of drug-likeness (QED) is 0.569. The molecule has 0 bridgehead atoms. The first kappa shape index (κ1) is 14.0. The summed E-state index contributed by atoms with van der Waals surface area (Å²) in [5.41, 5.74) is 1.07. The van der Waals surface area contributed by atoms with Crippen LogP contribution in [0, 0.1) is 11.8 Å². The fraction of sp³-hybridized carbons (Fsp3) is 0.429. The average molecular weight is 248 g/mol. The van der Waals surface area contributed by atoms with E-state index in [4.69, 9.17) is 8.85 Å². The van der Waals surface area contributed by atoms with Gasteiger partial charge in [-0.05, 0) is 32.0 Å². The largest absolute Gasteiger partial charge is 0.397 e. The summed E-state index contributed by atoms with van der Waals surface area (Å²) in [7, 11) is -1.46. The lowest BCUT2D eigenvalue weighted by molar-refractivity contribution is 0.214. The second-order valence-corrected chi connectivity index (χ2v) is 5.65. The number of hydrogen-bond acceptors (Lipinski definition) is 2. The first-order valence-corrected chi connectivity index (χ1v) is 7.89. The van der Waals surface area contributed by atoms with E-state index in [0.717, 1.165) is 31.2 Å².